The quantitative estimate of drug-likeness (QED) is 0.164. The Hall–Kier alpha value is -4.48. The van der Waals surface area contributed by atoms with Crippen LogP contribution >= 0.6 is 0 Å². The Morgan fingerprint density at radius 2 is 1.42 bits per heavy atom. The van der Waals surface area contributed by atoms with Gasteiger partial charge in [0.25, 0.3) is 5.69 Å². The van der Waals surface area contributed by atoms with Crippen LogP contribution in [0.15, 0.2) is 54.6 Å². The number of rotatable bonds is 12. The fourth-order valence-electron chi connectivity index (χ4n) is 3.22. The van der Waals surface area contributed by atoms with Gasteiger partial charge in [-0.2, -0.15) is 0 Å². The van der Waals surface area contributed by atoms with Gasteiger partial charge in [-0.05, 0) is 43.9 Å². The summed E-state index contributed by atoms with van der Waals surface area (Å²) in [4.78, 5) is 60.2. The molecule has 0 spiro atoms. The number of hydrogen-bond donors (Lipinski definition) is 3. The largest absolute Gasteiger partial charge is 0.445 e. The fourth-order valence-corrected chi connectivity index (χ4v) is 3.22. The van der Waals surface area contributed by atoms with Crippen molar-refractivity contribution >= 4 is 29.6 Å². The number of nitrogens with one attached hydrogen (secondary N) is 3. The van der Waals surface area contributed by atoms with Crippen LogP contribution < -0.4 is 20.7 Å². The van der Waals surface area contributed by atoms with Gasteiger partial charge in [0.05, 0.1) is 4.92 Å². The molecule has 2 aromatic carbocycles. The van der Waals surface area contributed by atoms with Crippen molar-refractivity contribution in [3.8, 4) is 5.75 Å². The highest BCUT2D eigenvalue weighted by molar-refractivity contribution is 5.92. The number of amides is 3. The van der Waals surface area contributed by atoms with E-state index in [4.69, 9.17) is 9.47 Å². The number of benzene rings is 2. The molecule has 0 heterocycles. The number of alkyl carbamates (subject to hydrolysis) is 1. The van der Waals surface area contributed by atoms with Gasteiger partial charge in [-0.1, -0.05) is 44.2 Å². The van der Waals surface area contributed by atoms with E-state index in [-0.39, 0.29) is 30.4 Å². The van der Waals surface area contributed by atoms with Crippen molar-refractivity contribution < 1.29 is 33.6 Å². The molecule has 38 heavy (non-hydrogen) atoms. The predicted octanol–water partition coefficient (Wildman–Crippen LogP) is 2.85. The molecule has 0 bridgehead atoms. The molecule has 2 aromatic rings. The van der Waals surface area contributed by atoms with Crippen molar-refractivity contribution in [1.29, 1.82) is 0 Å². The van der Waals surface area contributed by atoms with Crippen LogP contribution in [0, 0.1) is 16.0 Å². The van der Waals surface area contributed by atoms with Crippen molar-refractivity contribution in [2.45, 2.75) is 58.8 Å². The summed E-state index contributed by atoms with van der Waals surface area (Å²) in [7, 11) is 0. The van der Waals surface area contributed by atoms with E-state index in [1.165, 1.54) is 38.1 Å². The summed E-state index contributed by atoms with van der Waals surface area (Å²) >= 11 is 0. The number of non-ortho nitro benzene ring substituents is 1. The SMILES string of the molecule is CC(C)C[C@H](NC(=O)[C@H](C)NC(=O)[C@H](C)NC(=O)OCc1ccccc1)C(=O)Oc1ccc([N+](=O)[O-])cc1. The molecule has 3 atom stereocenters. The highest BCUT2D eigenvalue weighted by Crippen LogP contribution is 2.18. The van der Waals surface area contributed by atoms with Gasteiger partial charge < -0.3 is 25.4 Å². The maximum absolute atomic E-state index is 12.7. The third kappa shape index (κ3) is 9.88. The molecule has 0 unspecified atom stereocenters. The Kier molecular flexibility index (Phi) is 11.2. The van der Waals surface area contributed by atoms with E-state index in [1.807, 2.05) is 19.9 Å². The molecule has 2 rings (SSSR count). The van der Waals surface area contributed by atoms with Crippen molar-refractivity contribution in [1.82, 2.24) is 16.0 Å². The summed E-state index contributed by atoms with van der Waals surface area (Å²) in [6.07, 6.45) is -0.539. The van der Waals surface area contributed by atoms with Gasteiger partial charge in [-0.25, -0.2) is 9.59 Å². The molecule has 0 fully saturated rings. The molecular weight excluding hydrogens is 496 g/mol. The molecule has 0 saturated heterocycles. The third-order valence-electron chi connectivity index (χ3n) is 5.27. The highest BCUT2D eigenvalue weighted by atomic mass is 16.6. The molecule has 0 radical (unpaired) electrons. The summed E-state index contributed by atoms with van der Waals surface area (Å²) in [5, 5.41) is 18.3. The number of nitrogens with zero attached hydrogens (tertiary/aromatic N) is 1. The molecule has 0 aliphatic rings. The normalized spacial score (nSPS) is 13.0. The maximum atomic E-state index is 12.7. The average Bonchev–Trinajstić information content (AvgIpc) is 2.87. The van der Waals surface area contributed by atoms with E-state index in [0.717, 1.165) is 5.56 Å². The summed E-state index contributed by atoms with van der Waals surface area (Å²) in [5.74, 6) is -1.91. The molecule has 3 N–H and O–H groups in total. The van der Waals surface area contributed by atoms with Gasteiger partial charge >= 0.3 is 12.1 Å². The molecular formula is C26H32N4O8. The second-order valence-electron chi connectivity index (χ2n) is 9.02. The molecule has 12 heteroatoms. The van der Waals surface area contributed by atoms with Gasteiger partial charge in [-0.15, -0.1) is 0 Å². The van der Waals surface area contributed by atoms with E-state index >= 15 is 0 Å². The van der Waals surface area contributed by atoms with E-state index in [0.29, 0.717) is 0 Å². The van der Waals surface area contributed by atoms with E-state index in [2.05, 4.69) is 16.0 Å². The maximum Gasteiger partial charge on any atom is 0.408 e. The lowest BCUT2D eigenvalue weighted by Crippen LogP contribution is -2.54. The Morgan fingerprint density at radius 1 is 0.842 bits per heavy atom. The van der Waals surface area contributed by atoms with Crippen LogP contribution in [0.2, 0.25) is 0 Å². The summed E-state index contributed by atoms with van der Waals surface area (Å²) < 4.78 is 10.4. The number of nitro benzene ring substituents is 1. The second kappa shape index (κ2) is 14.3. The van der Waals surface area contributed by atoms with Crippen LogP contribution in [-0.4, -0.2) is 46.9 Å². The third-order valence-corrected chi connectivity index (χ3v) is 5.27. The van der Waals surface area contributed by atoms with Crippen molar-refractivity contribution in [3.63, 3.8) is 0 Å². The zero-order valence-electron chi connectivity index (χ0n) is 21.6. The molecule has 3 amide bonds. The minimum absolute atomic E-state index is 0.0146. The lowest BCUT2D eigenvalue weighted by atomic mass is 10.0. The molecule has 0 saturated carbocycles. The zero-order valence-corrected chi connectivity index (χ0v) is 21.6. The van der Waals surface area contributed by atoms with Crippen LogP contribution in [0.1, 0.15) is 39.7 Å². The molecule has 0 aromatic heterocycles. The Balaban J connectivity index is 1.89. The van der Waals surface area contributed by atoms with Crippen molar-refractivity contribution in [2.75, 3.05) is 0 Å². The number of carbonyl (C=O) groups excluding carboxylic acids is 4. The molecule has 12 nitrogen and oxygen atoms in total. The monoisotopic (exact) mass is 528 g/mol. The number of esters is 1. The lowest BCUT2D eigenvalue weighted by Gasteiger charge is -2.22. The standard InChI is InChI=1S/C26H32N4O8/c1-16(2)14-22(25(33)38-21-12-10-20(11-13-21)30(35)36)29-24(32)17(3)27-23(31)18(4)28-26(34)37-15-19-8-6-5-7-9-19/h5-13,16-18,22H,14-15H2,1-4H3,(H,27,31)(H,28,34)(H,29,32)/t17-,18-,22-/m0/s1. The van der Waals surface area contributed by atoms with E-state index in [1.54, 1.807) is 24.3 Å². The Bertz CT molecular complexity index is 1120. The minimum atomic E-state index is -1.03. The Labute approximate surface area is 220 Å². The smallest absolute Gasteiger partial charge is 0.408 e. The molecule has 0 aliphatic heterocycles. The van der Waals surface area contributed by atoms with E-state index in [9.17, 15) is 29.3 Å². The first-order valence-electron chi connectivity index (χ1n) is 12.0. The van der Waals surface area contributed by atoms with Crippen LogP contribution in [-0.2, 0) is 25.7 Å². The summed E-state index contributed by atoms with van der Waals surface area (Å²) in [6.45, 7) is 6.61. The first-order chi connectivity index (χ1) is 18.0. The topological polar surface area (TPSA) is 166 Å². The first kappa shape index (κ1) is 29.7. The molecule has 0 aliphatic carbocycles. The highest BCUT2D eigenvalue weighted by Gasteiger charge is 2.28. The van der Waals surface area contributed by atoms with Crippen molar-refractivity contribution in [3.05, 3.63) is 70.3 Å². The van der Waals surface area contributed by atoms with Crippen LogP contribution in [0.25, 0.3) is 0 Å². The van der Waals surface area contributed by atoms with Gasteiger partial charge in [-0.3, -0.25) is 19.7 Å². The summed E-state index contributed by atoms with van der Waals surface area (Å²) in [5.41, 5.74) is 0.627. The van der Waals surface area contributed by atoms with Gasteiger partial charge in [0.1, 0.15) is 30.5 Å². The Morgan fingerprint density at radius 3 is 2.00 bits per heavy atom. The number of nitro groups is 1. The second-order valence-corrected chi connectivity index (χ2v) is 9.02. The average molecular weight is 529 g/mol. The number of ether oxygens (including phenoxy) is 2. The van der Waals surface area contributed by atoms with E-state index < -0.39 is 46.9 Å². The van der Waals surface area contributed by atoms with Gasteiger partial charge in [0, 0.05) is 12.1 Å². The number of hydrogen-bond acceptors (Lipinski definition) is 8. The molecule has 204 valence electrons. The van der Waals surface area contributed by atoms with Crippen LogP contribution in [0.3, 0.4) is 0 Å². The summed E-state index contributed by atoms with van der Waals surface area (Å²) in [6, 6.07) is 10.9. The minimum Gasteiger partial charge on any atom is -0.445 e. The van der Waals surface area contributed by atoms with Crippen LogP contribution in [0.5, 0.6) is 5.75 Å². The number of carbonyl (C=O) groups is 4. The predicted molar refractivity (Wildman–Crippen MR) is 137 cm³/mol. The zero-order chi connectivity index (χ0) is 28.2. The van der Waals surface area contributed by atoms with Crippen LogP contribution in [0.4, 0.5) is 10.5 Å². The lowest BCUT2D eigenvalue weighted by molar-refractivity contribution is -0.384. The first-order valence-corrected chi connectivity index (χ1v) is 12.0. The fraction of sp³-hybridized carbons (Fsp3) is 0.385. The van der Waals surface area contributed by atoms with Gasteiger partial charge in [0.2, 0.25) is 11.8 Å². The van der Waals surface area contributed by atoms with Crippen molar-refractivity contribution in [2.24, 2.45) is 5.92 Å². The van der Waals surface area contributed by atoms with Gasteiger partial charge in [0.15, 0.2) is 0 Å².